The smallest absolute Gasteiger partial charge is 0.416 e. The highest BCUT2D eigenvalue weighted by Crippen LogP contribution is 2.29. The van der Waals surface area contributed by atoms with E-state index in [1.807, 2.05) is 0 Å². The second-order valence-corrected chi connectivity index (χ2v) is 5.12. The van der Waals surface area contributed by atoms with Crippen molar-refractivity contribution in [3.8, 4) is 0 Å². The number of nitrogens with zero attached hydrogens (tertiary/aromatic N) is 2. The molecule has 6 nitrogen and oxygen atoms in total. The average molecular weight is 331 g/mol. The fraction of sp³-hybridized carbons (Fsp3) is 0.429. The first-order chi connectivity index (χ1) is 10.8. The van der Waals surface area contributed by atoms with Gasteiger partial charge in [-0.05, 0) is 30.7 Å². The molecule has 1 aliphatic rings. The van der Waals surface area contributed by atoms with Gasteiger partial charge >= 0.3 is 18.3 Å². The normalized spacial score (nSPS) is 16.0. The van der Waals surface area contributed by atoms with Crippen LogP contribution in [0.3, 0.4) is 0 Å². The van der Waals surface area contributed by atoms with Crippen LogP contribution in [0.25, 0.3) is 0 Å². The second kappa shape index (κ2) is 6.76. The van der Waals surface area contributed by atoms with E-state index in [1.54, 1.807) is 0 Å². The zero-order chi connectivity index (χ0) is 17.0. The Morgan fingerprint density at radius 3 is 2.13 bits per heavy atom. The van der Waals surface area contributed by atoms with Gasteiger partial charge in [0.2, 0.25) is 0 Å². The quantitative estimate of drug-likeness (QED) is 0.831. The SMILES string of the molecule is O=C(O)N1CCCN(C(=O)Nc2ccc(C(F)(F)F)cc2)CC1. The molecule has 1 aromatic carbocycles. The summed E-state index contributed by atoms with van der Waals surface area (Å²) in [6.07, 6.45) is -4.95. The molecule has 1 aromatic rings. The minimum absolute atomic E-state index is 0.204. The zero-order valence-electron chi connectivity index (χ0n) is 12.1. The molecule has 0 saturated carbocycles. The first kappa shape index (κ1) is 16.9. The van der Waals surface area contributed by atoms with E-state index in [0.717, 1.165) is 12.1 Å². The number of rotatable bonds is 1. The van der Waals surface area contributed by atoms with Gasteiger partial charge in [-0.1, -0.05) is 0 Å². The maximum atomic E-state index is 12.5. The van der Waals surface area contributed by atoms with Crippen LogP contribution in [0.4, 0.5) is 28.4 Å². The molecule has 0 spiro atoms. The maximum Gasteiger partial charge on any atom is 0.416 e. The lowest BCUT2D eigenvalue weighted by Crippen LogP contribution is -2.39. The molecule has 126 valence electrons. The highest BCUT2D eigenvalue weighted by Gasteiger charge is 2.30. The number of halogens is 3. The van der Waals surface area contributed by atoms with Crippen molar-refractivity contribution < 1.29 is 27.9 Å². The van der Waals surface area contributed by atoms with E-state index in [4.69, 9.17) is 5.11 Å². The molecule has 0 bridgehead atoms. The molecule has 9 heteroatoms. The van der Waals surface area contributed by atoms with Crippen LogP contribution in [0.5, 0.6) is 0 Å². The van der Waals surface area contributed by atoms with Crippen LogP contribution in [0.2, 0.25) is 0 Å². The molecule has 0 aromatic heterocycles. The Morgan fingerprint density at radius 2 is 1.57 bits per heavy atom. The van der Waals surface area contributed by atoms with Gasteiger partial charge in [-0.2, -0.15) is 13.2 Å². The van der Waals surface area contributed by atoms with E-state index in [2.05, 4.69) is 5.32 Å². The van der Waals surface area contributed by atoms with Crippen LogP contribution in [0.1, 0.15) is 12.0 Å². The van der Waals surface area contributed by atoms with Gasteiger partial charge < -0.3 is 20.2 Å². The highest BCUT2D eigenvalue weighted by molar-refractivity contribution is 5.89. The molecular weight excluding hydrogens is 315 g/mol. The summed E-state index contributed by atoms with van der Waals surface area (Å²) in [5, 5.41) is 11.4. The Morgan fingerprint density at radius 1 is 1.00 bits per heavy atom. The molecule has 2 rings (SSSR count). The van der Waals surface area contributed by atoms with Gasteiger partial charge in [0.25, 0.3) is 0 Å². The van der Waals surface area contributed by atoms with Crippen molar-refractivity contribution in [1.82, 2.24) is 9.80 Å². The van der Waals surface area contributed by atoms with Crippen molar-refractivity contribution >= 4 is 17.8 Å². The summed E-state index contributed by atoms with van der Waals surface area (Å²) in [6, 6.07) is 3.69. The molecule has 0 aliphatic carbocycles. The summed E-state index contributed by atoms with van der Waals surface area (Å²) in [4.78, 5) is 25.7. The summed E-state index contributed by atoms with van der Waals surface area (Å²) in [5.74, 6) is 0. The Hall–Kier alpha value is -2.45. The van der Waals surface area contributed by atoms with Crippen LogP contribution in [0.15, 0.2) is 24.3 Å². The van der Waals surface area contributed by atoms with Crippen LogP contribution in [0, 0.1) is 0 Å². The molecule has 0 atom stereocenters. The highest BCUT2D eigenvalue weighted by atomic mass is 19.4. The van der Waals surface area contributed by atoms with Crippen molar-refractivity contribution in [2.75, 3.05) is 31.5 Å². The lowest BCUT2D eigenvalue weighted by molar-refractivity contribution is -0.137. The molecule has 2 N–H and O–H groups in total. The second-order valence-electron chi connectivity index (χ2n) is 5.12. The van der Waals surface area contributed by atoms with Crippen molar-refractivity contribution in [2.24, 2.45) is 0 Å². The Labute approximate surface area is 130 Å². The monoisotopic (exact) mass is 331 g/mol. The average Bonchev–Trinajstić information content (AvgIpc) is 2.73. The Bertz CT molecular complexity index is 575. The largest absolute Gasteiger partial charge is 0.465 e. The van der Waals surface area contributed by atoms with E-state index < -0.39 is 23.9 Å². The number of anilines is 1. The fourth-order valence-corrected chi connectivity index (χ4v) is 2.26. The summed E-state index contributed by atoms with van der Waals surface area (Å²) >= 11 is 0. The lowest BCUT2D eigenvalue weighted by Gasteiger charge is -2.21. The third-order valence-corrected chi connectivity index (χ3v) is 3.52. The van der Waals surface area contributed by atoms with Crippen LogP contribution >= 0.6 is 0 Å². The zero-order valence-corrected chi connectivity index (χ0v) is 12.1. The number of nitrogens with one attached hydrogen (secondary N) is 1. The summed E-state index contributed by atoms with van der Waals surface area (Å²) in [6.45, 7) is 1.17. The number of amides is 3. The van der Waals surface area contributed by atoms with Crippen LogP contribution in [-0.4, -0.2) is 53.2 Å². The molecule has 1 saturated heterocycles. The van der Waals surface area contributed by atoms with Gasteiger partial charge in [-0.3, -0.25) is 0 Å². The minimum atomic E-state index is -4.42. The maximum absolute atomic E-state index is 12.5. The van der Waals surface area contributed by atoms with Gasteiger partial charge in [0.1, 0.15) is 0 Å². The van der Waals surface area contributed by atoms with Crippen LogP contribution in [-0.2, 0) is 6.18 Å². The van der Waals surface area contributed by atoms with Crippen molar-refractivity contribution in [1.29, 1.82) is 0 Å². The van der Waals surface area contributed by atoms with Crippen molar-refractivity contribution in [2.45, 2.75) is 12.6 Å². The van der Waals surface area contributed by atoms with E-state index >= 15 is 0 Å². The number of benzene rings is 1. The summed E-state index contributed by atoms with van der Waals surface area (Å²) in [5.41, 5.74) is -0.537. The third-order valence-electron chi connectivity index (χ3n) is 3.52. The number of carboxylic acid groups (broad SMARTS) is 1. The molecule has 0 unspecified atom stereocenters. The van der Waals surface area contributed by atoms with E-state index in [9.17, 15) is 22.8 Å². The van der Waals surface area contributed by atoms with Crippen LogP contribution < -0.4 is 5.32 Å². The minimum Gasteiger partial charge on any atom is -0.465 e. The van der Waals surface area contributed by atoms with E-state index in [1.165, 1.54) is 21.9 Å². The molecule has 1 aliphatic heterocycles. The lowest BCUT2D eigenvalue weighted by atomic mass is 10.2. The third kappa shape index (κ3) is 4.51. The molecular formula is C14H16F3N3O3. The summed E-state index contributed by atoms with van der Waals surface area (Å²) < 4.78 is 37.4. The number of carbonyl (C=O) groups is 2. The predicted octanol–water partition coefficient (Wildman–Crippen LogP) is 2.92. The van der Waals surface area contributed by atoms with Gasteiger partial charge in [0, 0.05) is 31.9 Å². The number of urea groups is 1. The topological polar surface area (TPSA) is 72.9 Å². The number of carbonyl (C=O) groups excluding carboxylic acids is 1. The standard InChI is InChI=1S/C14H16F3N3O3/c15-14(16,17)10-2-4-11(5-3-10)18-12(21)19-6-1-7-20(9-8-19)13(22)23/h2-5H,1,6-9H2,(H,18,21)(H,22,23). The molecule has 0 radical (unpaired) electrons. The van der Waals surface area contributed by atoms with Crippen molar-refractivity contribution in [3.05, 3.63) is 29.8 Å². The number of alkyl halides is 3. The van der Waals surface area contributed by atoms with E-state index in [0.29, 0.717) is 19.5 Å². The first-order valence-electron chi connectivity index (χ1n) is 6.98. The first-order valence-corrected chi connectivity index (χ1v) is 6.98. The number of hydrogen-bond acceptors (Lipinski definition) is 2. The predicted molar refractivity (Wildman–Crippen MR) is 76.3 cm³/mol. The van der Waals surface area contributed by atoms with Gasteiger partial charge in [-0.25, -0.2) is 9.59 Å². The summed E-state index contributed by atoms with van der Waals surface area (Å²) in [7, 11) is 0. The molecule has 23 heavy (non-hydrogen) atoms. The van der Waals surface area contributed by atoms with Gasteiger partial charge in [-0.15, -0.1) is 0 Å². The molecule has 1 heterocycles. The Balaban J connectivity index is 1.95. The van der Waals surface area contributed by atoms with Gasteiger partial charge in [0.15, 0.2) is 0 Å². The Kier molecular flexibility index (Phi) is 4.97. The van der Waals surface area contributed by atoms with Crippen molar-refractivity contribution in [3.63, 3.8) is 0 Å². The number of hydrogen-bond donors (Lipinski definition) is 2. The molecule has 3 amide bonds. The molecule has 1 fully saturated rings. The van der Waals surface area contributed by atoms with Gasteiger partial charge in [0.05, 0.1) is 5.56 Å². The van der Waals surface area contributed by atoms with E-state index in [-0.39, 0.29) is 18.8 Å². The fourth-order valence-electron chi connectivity index (χ4n) is 2.26.